The normalized spacial score (nSPS) is 16.5. The second kappa shape index (κ2) is 7.97. The topological polar surface area (TPSA) is 65.1 Å². The summed E-state index contributed by atoms with van der Waals surface area (Å²) in [6, 6.07) is 5.30. The molecule has 6 heteroatoms. The predicted molar refractivity (Wildman–Crippen MR) is 86.2 cm³/mol. The Morgan fingerprint density at radius 3 is 2.78 bits per heavy atom. The molecule has 0 spiro atoms. The maximum atomic E-state index is 12.0. The average Bonchev–Trinajstić information content (AvgIpc) is 2.54. The number of ether oxygens (including phenoxy) is 3. The van der Waals surface area contributed by atoms with Crippen LogP contribution in [0.5, 0.6) is 5.75 Å². The average molecular weight is 321 g/mol. The maximum absolute atomic E-state index is 12.0. The van der Waals surface area contributed by atoms with Crippen molar-refractivity contribution in [2.24, 2.45) is 0 Å². The molecule has 6 nitrogen and oxygen atoms in total. The zero-order chi connectivity index (χ0) is 16.8. The van der Waals surface area contributed by atoms with Gasteiger partial charge in [-0.1, -0.05) is 6.92 Å². The highest BCUT2D eigenvalue weighted by molar-refractivity contribution is 5.95. The zero-order valence-corrected chi connectivity index (χ0v) is 13.8. The van der Waals surface area contributed by atoms with E-state index in [1.165, 1.54) is 6.92 Å². The number of esters is 1. The van der Waals surface area contributed by atoms with E-state index in [1.54, 1.807) is 25.3 Å². The van der Waals surface area contributed by atoms with Gasteiger partial charge in [0.2, 0.25) is 0 Å². The van der Waals surface area contributed by atoms with Crippen LogP contribution >= 0.6 is 0 Å². The third-order valence-electron chi connectivity index (χ3n) is 3.75. The van der Waals surface area contributed by atoms with Gasteiger partial charge >= 0.3 is 5.97 Å². The largest absolute Gasteiger partial charge is 0.486 e. The lowest BCUT2D eigenvalue weighted by Crippen LogP contribution is -2.43. The van der Waals surface area contributed by atoms with Crippen molar-refractivity contribution in [2.75, 3.05) is 38.3 Å². The highest BCUT2D eigenvalue weighted by atomic mass is 16.6. The number of Topliss-reactive ketones (excluding diaryl/α,β-unsaturated/α-hetero) is 1. The number of anilines is 1. The van der Waals surface area contributed by atoms with Crippen molar-refractivity contribution in [3.05, 3.63) is 23.8 Å². The molecule has 0 aliphatic carbocycles. The van der Waals surface area contributed by atoms with Crippen LogP contribution in [0.1, 0.15) is 30.6 Å². The fourth-order valence-electron chi connectivity index (χ4n) is 2.45. The molecule has 0 saturated carbocycles. The number of carbonyl (C=O) groups is 2. The molecule has 0 N–H and O–H groups in total. The lowest BCUT2D eigenvalue weighted by atomic mass is 10.1. The van der Waals surface area contributed by atoms with Gasteiger partial charge in [0.15, 0.2) is 5.78 Å². The summed E-state index contributed by atoms with van der Waals surface area (Å²) in [5.41, 5.74) is 1.35. The molecule has 0 bridgehead atoms. The van der Waals surface area contributed by atoms with Gasteiger partial charge in [0.25, 0.3) is 0 Å². The molecule has 23 heavy (non-hydrogen) atoms. The van der Waals surface area contributed by atoms with Crippen LogP contribution in [0.3, 0.4) is 0 Å². The molecule has 1 aliphatic rings. The molecule has 1 atom stereocenters. The molecule has 1 aliphatic heterocycles. The molecule has 0 amide bonds. The van der Waals surface area contributed by atoms with Crippen LogP contribution in [0, 0.1) is 0 Å². The van der Waals surface area contributed by atoms with Gasteiger partial charge in [0.1, 0.15) is 25.0 Å². The van der Waals surface area contributed by atoms with Crippen molar-refractivity contribution in [1.82, 2.24) is 0 Å². The number of ketones is 1. The number of hydrogen-bond donors (Lipinski definition) is 0. The van der Waals surface area contributed by atoms with E-state index < -0.39 is 0 Å². The third-order valence-corrected chi connectivity index (χ3v) is 3.75. The van der Waals surface area contributed by atoms with Crippen LogP contribution in [-0.4, -0.2) is 51.3 Å². The minimum absolute atomic E-state index is 0.0115. The van der Waals surface area contributed by atoms with Gasteiger partial charge in [0.05, 0.1) is 18.8 Å². The number of methoxy groups -OCH3 is 1. The SMILES string of the molecule is CCC1CN(CC(=O)OCCOC)c2cc(C(C)=O)ccc2O1. The van der Waals surface area contributed by atoms with Crippen molar-refractivity contribution in [3.8, 4) is 5.75 Å². The molecule has 0 aromatic heterocycles. The molecule has 0 fully saturated rings. The van der Waals surface area contributed by atoms with E-state index in [0.717, 1.165) is 12.1 Å². The van der Waals surface area contributed by atoms with Gasteiger partial charge in [-0.2, -0.15) is 0 Å². The van der Waals surface area contributed by atoms with Crippen LogP contribution in [0.4, 0.5) is 5.69 Å². The smallest absolute Gasteiger partial charge is 0.325 e. The first kappa shape index (κ1) is 17.3. The molecular weight excluding hydrogens is 298 g/mol. The first-order valence-electron chi connectivity index (χ1n) is 7.76. The highest BCUT2D eigenvalue weighted by Gasteiger charge is 2.27. The van der Waals surface area contributed by atoms with Crippen molar-refractivity contribution in [2.45, 2.75) is 26.4 Å². The van der Waals surface area contributed by atoms with Crippen molar-refractivity contribution >= 4 is 17.4 Å². The number of nitrogens with zero attached hydrogens (tertiary/aromatic N) is 1. The predicted octanol–water partition coefficient (Wildman–Crippen LogP) is 2.06. The minimum atomic E-state index is -0.321. The minimum Gasteiger partial charge on any atom is -0.486 e. The number of hydrogen-bond acceptors (Lipinski definition) is 6. The van der Waals surface area contributed by atoms with Crippen molar-refractivity contribution in [3.63, 3.8) is 0 Å². The number of benzene rings is 1. The lowest BCUT2D eigenvalue weighted by molar-refractivity contribution is -0.143. The summed E-state index contributed by atoms with van der Waals surface area (Å²) in [5, 5.41) is 0. The summed E-state index contributed by atoms with van der Waals surface area (Å²) in [6.45, 7) is 4.87. The first-order valence-corrected chi connectivity index (χ1v) is 7.76. The summed E-state index contributed by atoms with van der Waals surface area (Å²) >= 11 is 0. The Labute approximate surface area is 136 Å². The summed E-state index contributed by atoms with van der Waals surface area (Å²) in [6.07, 6.45) is 0.848. The van der Waals surface area contributed by atoms with E-state index in [-0.39, 0.29) is 31.0 Å². The van der Waals surface area contributed by atoms with Crippen LogP contribution in [0.15, 0.2) is 18.2 Å². The zero-order valence-electron chi connectivity index (χ0n) is 13.8. The monoisotopic (exact) mass is 321 g/mol. The van der Waals surface area contributed by atoms with Gasteiger partial charge in [-0.3, -0.25) is 9.59 Å². The van der Waals surface area contributed by atoms with Gasteiger partial charge in [-0.05, 0) is 31.5 Å². The van der Waals surface area contributed by atoms with E-state index >= 15 is 0 Å². The number of rotatable bonds is 7. The molecule has 1 heterocycles. The highest BCUT2D eigenvalue weighted by Crippen LogP contribution is 2.35. The van der Waals surface area contributed by atoms with E-state index in [1.807, 2.05) is 11.8 Å². The second-order valence-corrected chi connectivity index (χ2v) is 5.48. The Kier molecular flexibility index (Phi) is 5.98. The Bertz CT molecular complexity index is 572. The molecular formula is C17H23NO5. The molecule has 0 saturated heterocycles. The summed E-state index contributed by atoms with van der Waals surface area (Å²) in [4.78, 5) is 25.5. The van der Waals surface area contributed by atoms with Crippen LogP contribution < -0.4 is 9.64 Å². The first-order chi connectivity index (χ1) is 11.0. The van der Waals surface area contributed by atoms with Gasteiger partial charge < -0.3 is 19.1 Å². The standard InChI is InChI=1S/C17H23NO5/c1-4-14-10-18(11-17(20)22-8-7-21-3)15-9-13(12(2)19)5-6-16(15)23-14/h5-6,9,14H,4,7-8,10-11H2,1-3H3. The molecule has 1 aromatic rings. The van der Waals surface area contributed by atoms with E-state index in [2.05, 4.69) is 0 Å². The summed E-state index contributed by atoms with van der Waals surface area (Å²) in [7, 11) is 1.56. The molecule has 2 rings (SSSR count). The van der Waals surface area contributed by atoms with Crippen molar-refractivity contribution < 1.29 is 23.8 Å². The van der Waals surface area contributed by atoms with E-state index in [0.29, 0.717) is 24.5 Å². The Morgan fingerprint density at radius 1 is 1.35 bits per heavy atom. The Hall–Kier alpha value is -2.08. The molecule has 0 radical (unpaired) electrons. The molecule has 1 aromatic carbocycles. The van der Waals surface area contributed by atoms with Crippen molar-refractivity contribution in [1.29, 1.82) is 0 Å². The van der Waals surface area contributed by atoms with Gasteiger partial charge in [-0.15, -0.1) is 0 Å². The van der Waals surface area contributed by atoms with E-state index in [4.69, 9.17) is 14.2 Å². The van der Waals surface area contributed by atoms with Crippen LogP contribution in [-0.2, 0) is 14.3 Å². The molecule has 1 unspecified atom stereocenters. The Morgan fingerprint density at radius 2 is 2.13 bits per heavy atom. The van der Waals surface area contributed by atoms with Crippen LogP contribution in [0.2, 0.25) is 0 Å². The molecule has 126 valence electrons. The maximum Gasteiger partial charge on any atom is 0.325 e. The lowest BCUT2D eigenvalue weighted by Gasteiger charge is -2.35. The third kappa shape index (κ3) is 4.45. The number of fused-ring (bicyclic) bond motifs is 1. The second-order valence-electron chi connectivity index (χ2n) is 5.48. The summed E-state index contributed by atoms with van der Waals surface area (Å²) < 4.78 is 15.9. The number of carbonyl (C=O) groups excluding carboxylic acids is 2. The van der Waals surface area contributed by atoms with E-state index in [9.17, 15) is 9.59 Å². The van der Waals surface area contributed by atoms with Gasteiger partial charge in [0, 0.05) is 12.7 Å². The Balaban J connectivity index is 2.16. The quantitative estimate of drug-likeness (QED) is 0.435. The van der Waals surface area contributed by atoms with Gasteiger partial charge in [-0.25, -0.2) is 0 Å². The fraction of sp³-hybridized carbons (Fsp3) is 0.529. The van der Waals surface area contributed by atoms with Crippen LogP contribution in [0.25, 0.3) is 0 Å². The summed E-state index contributed by atoms with van der Waals surface area (Å²) in [5.74, 6) is 0.351. The fourth-order valence-corrected chi connectivity index (χ4v) is 2.45.